The number of aliphatic hydroxyl groups excluding tert-OH is 1. The van der Waals surface area contributed by atoms with Crippen molar-refractivity contribution in [2.45, 2.75) is 95.1 Å². The van der Waals surface area contributed by atoms with Gasteiger partial charge in [-0.2, -0.15) is 0 Å². The number of aliphatic hydroxyl groups is 1. The van der Waals surface area contributed by atoms with Crippen molar-refractivity contribution in [3.05, 3.63) is 12.2 Å². The van der Waals surface area contributed by atoms with E-state index in [2.05, 4.69) is 24.0 Å². The Hall–Kier alpha value is -0.580. The SMILES string of the molecule is CCC1([C@@H](O)CCCN2CC[C@@H](Cl)[C@@H]2C/C=C\CCCC(=O)O)CCC1. The summed E-state index contributed by atoms with van der Waals surface area (Å²) >= 11 is 6.52. The predicted molar refractivity (Wildman–Crippen MR) is 107 cm³/mol. The molecule has 2 rings (SSSR count). The molecule has 2 fully saturated rings. The molecule has 2 aliphatic rings. The monoisotopic (exact) mass is 385 g/mol. The highest BCUT2D eigenvalue weighted by Crippen LogP contribution is 2.47. The van der Waals surface area contributed by atoms with Crippen LogP contribution in [0.3, 0.4) is 0 Å². The molecule has 1 saturated carbocycles. The molecular formula is C21H36ClNO3. The van der Waals surface area contributed by atoms with Crippen LogP contribution in [0, 0.1) is 5.41 Å². The topological polar surface area (TPSA) is 60.8 Å². The maximum absolute atomic E-state index is 10.6. The van der Waals surface area contributed by atoms with E-state index in [1.165, 1.54) is 19.3 Å². The second-order valence-electron chi connectivity index (χ2n) is 8.13. The van der Waals surface area contributed by atoms with Gasteiger partial charge in [0.25, 0.3) is 0 Å². The molecule has 150 valence electrons. The van der Waals surface area contributed by atoms with Gasteiger partial charge in [-0.1, -0.05) is 25.5 Å². The number of nitrogens with zero attached hydrogens (tertiary/aromatic N) is 1. The molecule has 5 heteroatoms. The van der Waals surface area contributed by atoms with Gasteiger partial charge < -0.3 is 10.2 Å². The fourth-order valence-corrected chi connectivity index (χ4v) is 4.88. The first-order chi connectivity index (χ1) is 12.5. The van der Waals surface area contributed by atoms with E-state index >= 15 is 0 Å². The van der Waals surface area contributed by atoms with Crippen molar-refractivity contribution in [3.8, 4) is 0 Å². The van der Waals surface area contributed by atoms with Crippen LogP contribution < -0.4 is 0 Å². The first kappa shape index (κ1) is 21.7. The van der Waals surface area contributed by atoms with E-state index in [4.69, 9.17) is 16.7 Å². The highest BCUT2D eigenvalue weighted by molar-refractivity contribution is 6.21. The van der Waals surface area contributed by atoms with Crippen molar-refractivity contribution in [2.75, 3.05) is 13.1 Å². The molecule has 26 heavy (non-hydrogen) atoms. The molecule has 0 aromatic rings. The molecule has 0 aromatic heterocycles. The van der Waals surface area contributed by atoms with Crippen molar-refractivity contribution in [2.24, 2.45) is 5.41 Å². The molecule has 0 bridgehead atoms. The van der Waals surface area contributed by atoms with Gasteiger partial charge in [-0.25, -0.2) is 0 Å². The molecular weight excluding hydrogens is 350 g/mol. The van der Waals surface area contributed by atoms with E-state index in [0.717, 1.165) is 51.6 Å². The number of carboxylic acid groups (broad SMARTS) is 1. The summed E-state index contributed by atoms with van der Waals surface area (Å²) in [6, 6.07) is 0.369. The van der Waals surface area contributed by atoms with Gasteiger partial charge in [0, 0.05) is 12.5 Å². The summed E-state index contributed by atoms with van der Waals surface area (Å²) in [6.07, 6.45) is 14.5. The lowest BCUT2D eigenvalue weighted by atomic mass is 9.62. The summed E-state index contributed by atoms with van der Waals surface area (Å²) < 4.78 is 0. The Kier molecular flexibility index (Phi) is 8.92. The lowest BCUT2D eigenvalue weighted by Crippen LogP contribution is -2.41. The Balaban J connectivity index is 1.68. The minimum Gasteiger partial charge on any atom is -0.481 e. The van der Waals surface area contributed by atoms with Crippen molar-refractivity contribution >= 4 is 17.6 Å². The van der Waals surface area contributed by atoms with Gasteiger partial charge in [-0.05, 0) is 76.3 Å². The third-order valence-electron chi connectivity index (χ3n) is 6.57. The minimum atomic E-state index is -0.727. The van der Waals surface area contributed by atoms with Crippen LogP contribution in [0.25, 0.3) is 0 Å². The van der Waals surface area contributed by atoms with Gasteiger partial charge in [0.2, 0.25) is 0 Å². The smallest absolute Gasteiger partial charge is 0.303 e. The summed E-state index contributed by atoms with van der Waals surface area (Å²) in [4.78, 5) is 13.0. The standard InChI is InChI=1S/C21H36ClNO3/c1-2-21(13-8-14-21)19(24)10-7-15-23-16-12-17(22)18(23)9-5-3-4-6-11-20(25)26/h3,5,17-19,24H,2,4,6-16H2,1H3,(H,25,26)/b5-3-/t17-,18+,19+/m1/s1. The fourth-order valence-electron chi connectivity index (χ4n) is 4.52. The molecule has 4 nitrogen and oxygen atoms in total. The van der Waals surface area contributed by atoms with E-state index in [9.17, 15) is 9.90 Å². The molecule has 0 spiro atoms. The second-order valence-corrected chi connectivity index (χ2v) is 8.69. The summed E-state index contributed by atoms with van der Waals surface area (Å²) in [6.45, 7) is 4.26. The Bertz CT molecular complexity index is 459. The largest absolute Gasteiger partial charge is 0.481 e. The normalized spacial score (nSPS) is 26.9. The summed E-state index contributed by atoms with van der Waals surface area (Å²) in [5, 5.41) is 19.4. The first-order valence-electron chi connectivity index (χ1n) is 10.4. The minimum absolute atomic E-state index is 0.150. The molecule has 0 aromatic carbocycles. The summed E-state index contributed by atoms with van der Waals surface area (Å²) in [5.74, 6) is -0.727. The fraction of sp³-hybridized carbons (Fsp3) is 0.857. The van der Waals surface area contributed by atoms with Crippen LogP contribution in [0.4, 0.5) is 0 Å². The molecule has 0 radical (unpaired) electrons. The van der Waals surface area contributed by atoms with Gasteiger partial charge in [0.1, 0.15) is 0 Å². The van der Waals surface area contributed by atoms with Crippen LogP contribution in [0.1, 0.15) is 77.6 Å². The Morgan fingerprint density at radius 2 is 2.12 bits per heavy atom. The third-order valence-corrected chi connectivity index (χ3v) is 7.08. The highest BCUT2D eigenvalue weighted by atomic mass is 35.5. The van der Waals surface area contributed by atoms with E-state index in [-0.39, 0.29) is 23.3 Å². The Labute approximate surface area is 163 Å². The van der Waals surface area contributed by atoms with Gasteiger partial charge in [0.05, 0.1) is 11.5 Å². The zero-order valence-corrected chi connectivity index (χ0v) is 17.0. The summed E-state index contributed by atoms with van der Waals surface area (Å²) in [7, 11) is 0. The maximum Gasteiger partial charge on any atom is 0.303 e. The number of hydrogen-bond donors (Lipinski definition) is 2. The molecule has 1 aliphatic heterocycles. The number of carbonyl (C=O) groups is 1. The second kappa shape index (κ2) is 10.7. The number of halogens is 1. The zero-order chi connectivity index (χ0) is 19.0. The number of alkyl halides is 1. The van der Waals surface area contributed by atoms with Crippen molar-refractivity contribution in [1.82, 2.24) is 4.90 Å². The van der Waals surface area contributed by atoms with E-state index in [0.29, 0.717) is 12.5 Å². The number of carboxylic acids is 1. The Morgan fingerprint density at radius 3 is 2.73 bits per heavy atom. The van der Waals surface area contributed by atoms with Crippen molar-refractivity contribution < 1.29 is 15.0 Å². The van der Waals surface area contributed by atoms with E-state index in [1.807, 2.05) is 0 Å². The third kappa shape index (κ3) is 5.97. The zero-order valence-electron chi connectivity index (χ0n) is 16.2. The van der Waals surface area contributed by atoms with Crippen LogP contribution in [0.2, 0.25) is 0 Å². The number of aliphatic carboxylic acids is 1. The van der Waals surface area contributed by atoms with Crippen LogP contribution >= 0.6 is 11.6 Å². The first-order valence-corrected chi connectivity index (χ1v) is 10.8. The molecule has 0 unspecified atom stereocenters. The molecule has 0 amide bonds. The molecule has 3 atom stereocenters. The molecule has 2 N–H and O–H groups in total. The van der Waals surface area contributed by atoms with Crippen LogP contribution in [-0.4, -0.2) is 51.7 Å². The summed E-state index contributed by atoms with van der Waals surface area (Å²) in [5.41, 5.74) is 0.206. The lowest BCUT2D eigenvalue weighted by Gasteiger charge is -2.45. The maximum atomic E-state index is 10.6. The van der Waals surface area contributed by atoms with Crippen LogP contribution in [0.15, 0.2) is 12.2 Å². The number of hydrogen-bond acceptors (Lipinski definition) is 3. The highest BCUT2D eigenvalue weighted by Gasteiger charge is 2.41. The van der Waals surface area contributed by atoms with Crippen molar-refractivity contribution in [3.63, 3.8) is 0 Å². The quantitative estimate of drug-likeness (QED) is 0.293. The average molecular weight is 386 g/mol. The van der Waals surface area contributed by atoms with Crippen LogP contribution in [-0.2, 0) is 4.79 Å². The van der Waals surface area contributed by atoms with Gasteiger partial charge in [-0.3, -0.25) is 9.69 Å². The van der Waals surface area contributed by atoms with E-state index < -0.39 is 5.97 Å². The molecule has 1 heterocycles. The molecule has 1 saturated heterocycles. The predicted octanol–water partition coefficient (Wildman–Crippen LogP) is 4.59. The van der Waals surface area contributed by atoms with Gasteiger partial charge >= 0.3 is 5.97 Å². The van der Waals surface area contributed by atoms with Gasteiger partial charge in [-0.15, -0.1) is 11.6 Å². The number of rotatable bonds is 12. The van der Waals surface area contributed by atoms with Crippen molar-refractivity contribution in [1.29, 1.82) is 0 Å². The lowest BCUT2D eigenvalue weighted by molar-refractivity contribution is -0.137. The number of likely N-dealkylation sites (tertiary alicyclic amines) is 1. The Morgan fingerprint density at radius 1 is 1.35 bits per heavy atom. The average Bonchev–Trinajstić information content (AvgIpc) is 2.90. The number of unbranched alkanes of at least 4 members (excludes halogenated alkanes) is 1. The van der Waals surface area contributed by atoms with Crippen LogP contribution in [0.5, 0.6) is 0 Å². The van der Waals surface area contributed by atoms with Gasteiger partial charge in [0.15, 0.2) is 0 Å². The molecule has 1 aliphatic carbocycles. The van der Waals surface area contributed by atoms with E-state index in [1.54, 1.807) is 0 Å². The number of allylic oxidation sites excluding steroid dienone is 1.